The highest BCUT2D eigenvalue weighted by Gasteiger charge is 2.34. The van der Waals surface area contributed by atoms with Crippen molar-refractivity contribution in [2.75, 3.05) is 11.9 Å². The van der Waals surface area contributed by atoms with E-state index >= 15 is 0 Å². The molecular weight excluding hydrogens is 246 g/mol. The largest absolute Gasteiger partial charge is 0.355 e. The van der Waals surface area contributed by atoms with E-state index in [9.17, 15) is 0 Å². The van der Waals surface area contributed by atoms with Crippen molar-refractivity contribution >= 4 is 5.95 Å². The number of hydrogen-bond donors (Lipinski definition) is 1. The van der Waals surface area contributed by atoms with E-state index in [1.54, 1.807) is 0 Å². The van der Waals surface area contributed by atoms with Crippen LogP contribution >= 0.6 is 0 Å². The standard InChI is InChI=1S/C17H31N3/c1-5-10-20-12-15(4)19-16(20)18-13-17(11-14(2)3)8-6-7-9-17/h12,14H,5-11,13H2,1-4H3,(H,18,19). The molecule has 0 amide bonds. The Balaban J connectivity index is 2.02. The first-order chi connectivity index (χ1) is 9.54. The Hall–Kier alpha value is -0.990. The lowest BCUT2D eigenvalue weighted by molar-refractivity contribution is 0.252. The van der Waals surface area contributed by atoms with Gasteiger partial charge >= 0.3 is 0 Å². The fourth-order valence-corrected chi connectivity index (χ4v) is 3.81. The molecule has 1 aromatic heterocycles. The van der Waals surface area contributed by atoms with Gasteiger partial charge in [0.15, 0.2) is 0 Å². The van der Waals surface area contributed by atoms with Crippen molar-refractivity contribution in [2.24, 2.45) is 11.3 Å². The lowest BCUT2D eigenvalue weighted by atomic mass is 9.78. The number of anilines is 1. The van der Waals surface area contributed by atoms with Gasteiger partial charge in [-0.1, -0.05) is 33.6 Å². The Morgan fingerprint density at radius 3 is 2.65 bits per heavy atom. The SMILES string of the molecule is CCCn1cc(C)nc1NCC1(CC(C)C)CCCC1. The maximum absolute atomic E-state index is 4.65. The van der Waals surface area contributed by atoms with Crippen molar-refractivity contribution in [3.8, 4) is 0 Å². The van der Waals surface area contributed by atoms with Crippen LogP contribution in [0.4, 0.5) is 5.95 Å². The first-order valence-electron chi connectivity index (χ1n) is 8.32. The normalized spacial score (nSPS) is 17.9. The molecule has 1 aromatic rings. The molecule has 1 heterocycles. The Morgan fingerprint density at radius 2 is 2.05 bits per heavy atom. The first-order valence-corrected chi connectivity index (χ1v) is 8.32. The number of hydrogen-bond acceptors (Lipinski definition) is 2. The summed E-state index contributed by atoms with van der Waals surface area (Å²) in [4.78, 5) is 4.65. The molecule has 0 unspecified atom stereocenters. The molecule has 2 rings (SSSR count). The van der Waals surface area contributed by atoms with Crippen LogP contribution in [0.2, 0.25) is 0 Å². The zero-order valence-electron chi connectivity index (χ0n) is 13.7. The molecule has 3 heteroatoms. The molecule has 0 saturated heterocycles. The topological polar surface area (TPSA) is 29.9 Å². The van der Waals surface area contributed by atoms with Gasteiger partial charge in [-0.2, -0.15) is 0 Å². The second kappa shape index (κ2) is 6.64. The highest BCUT2D eigenvalue weighted by atomic mass is 15.2. The van der Waals surface area contributed by atoms with Crippen LogP contribution in [-0.2, 0) is 6.54 Å². The van der Waals surface area contributed by atoms with Crippen LogP contribution in [0.15, 0.2) is 6.20 Å². The summed E-state index contributed by atoms with van der Waals surface area (Å²) in [5, 5.41) is 3.66. The van der Waals surface area contributed by atoms with Gasteiger partial charge in [-0.25, -0.2) is 4.98 Å². The summed E-state index contributed by atoms with van der Waals surface area (Å²) in [6.45, 7) is 11.1. The molecular formula is C17H31N3. The summed E-state index contributed by atoms with van der Waals surface area (Å²) in [6, 6.07) is 0. The first kappa shape index (κ1) is 15.4. The van der Waals surface area contributed by atoms with Crippen molar-refractivity contribution in [3.05, 3.63) is 11.9 Å². The minimum Gasteiger partial charge on any atom is -0.355 e. The molecule has 0 aliphatic heterocycles. The maximum atomic E-state index is 4.65. The van der Waals surface area contributed by atoms with Gasteiger partial charge in [0.25, 0.3) is 0 Å². The second-order valence-electron chi connectivity index (χ2n) is 7.06. The Labute approximate surface area is 124 Å². The van der Waals surface area contributed by atoms with Crippen molar-refractivity contribution in [3.63, 3.8) is 0 Å². The van der Waals surface area contributed by atoms with Crippen LogP contribution in [0, 0.1) is 18.3 Å². The van der Waals surface area contributed by atoms with Gasteiger partial charge in [0.1, 0.15) is 0 Å². The lowest BCUT2D eigenvalue weighted by Crippen LogP contribution is -2.29. The van der Waals surface area contributed by atoms with Gasteiger partial charge in [0.05, 0.1) is 5.69 Å². The summed E-state index contributed by atoms with van der Waals surface area (Å²) < 4.78 is 2.27. The van der Waals surface area contributed by atoms with Gasteiger partial charge < -0.3 is 9.88 Å². The Bertz CT molecular complexity index is 414. The predicted molar refractivity (Wildman–Crippen MR) is 86.1 cm³/mol. The molecule has 0 radical (unpaired) electrons. The third kappa shape index (κ3) is 3.77. The van der Waals surface area contributed by atoms with E-state index in [0.29, 0.717) is 5.41 Å². The predicted octanol–water partition coefficient (Wildman–Crippen LogP) is 4.62. The fraction of sp³-hybridized carbons (Fsp3) is 0.824. The molecule has 114 valence electrons. The van der Waals surface area contributed by atoms with E-state index in [-0.39, 0.29) is 0 Å². The molecule has 1 aliphatic rings. The fourth-order valence-electron chi connectivity index (χ4n) is 3.81. The quantitative estimate of drug-likeness (QED) is 0.788. The number of imidazole rings is 1. The van der Waals surface area contributed by atoms with Gasteiger partial charge in [0, 0.05) is 19.3 Å². The molecule has 1 N–H and O–H groups in total. The Kier molecular flexibility index (Phi) is 5.11. The number of nitrogens with zero attached hydrogens (tertiary/aromatic N) is 2. The van der Waals surface area contributed by atoms with Gasteiger partial charge in [0.2, 0.25) is 5.95 Å². The van der Waals surface area contributed by atoms with Crippen molar-refractivity contribution in [1.82, 2.24) is 9.55 Å². The second-order valence-corrected chi connectivity index (χ2v) is 7.06. The summed E-state index contributed by atoms with van der Waals surface area (Å²) in [5.74, 6) is 1.85. The van der Waals surface area contributed by atoms with Crippen LogP contribution in [0.3, 0.4) is 0 Å². The van der Waals surface area contributed by atoms with E-state index in [0.717, 1.165) is 37.1 Å². The highest BCUT2D eigenvalue weighted by Crippen LogP contribution is 2.43. The monoisotopic (exact) mass is 277 g/mol. The van der Waals surface area contributed by atoms with Gasteiger partial charge in [-0.15, -0.1) is 0 Å². The molecule has 0 aromatic carbocycles. The van der Waals surface area contributed by atoms with Crippen LogP contribution in [-0.4, -0.2) is 16.1 Å². The number of nitrogens with one attached hydrogen (secondary N) is 1. The van der Waals surface area contributed by atoms with E-state index in [4.69, 9.17) is 0 Å². The third-order valence-electron chi connectivity index (χ3n) is 4.49. The van der Waals surface area contributed by atoms with Crippen LogP contribution < -0.4 is 5.32 Å². The molecule has 0 spiro atoms. The molecule has 0 atom stereocenters. The zero-order chi connectivity index (χ0) is 14.6. The number of aryl methyl sites for hydroxylation is 2. The molecule has 3 nitrogen and oxygen atoms in total. The summed E-state index contributed by atoms with van der Waals surface area (Å²) in [7, 11) is 0. The van der Waals surface area contributed by atoms with E-state index < -0.39 is 0 Å². The summed E-state index contributed by atoms with van der Waals surface area (Å²) >= 11 is 0. The summed E-state index contributed by atoms with van der Waals surface area (Å²) in [5.41, 5.74) is 1.62. The van der Waals surface area contributed by atoms with Crippen molar-refractivity contribution in [1.29, 1.82) is 0 Å². The van der Waals surface area contributed by atoms with Crippen molar-refractivity contribution in [2.45, 2.75) is 72.8 Å². The molecule has 1 fully saturated rings. The highest BCUT2D eigenvalue weighted by molar-refractivity contribution is 5.29. The van der Waals surface area contributed by atoms with E-state index in [1.165, 1.54) is 32.1 Å². The van der Waals surface area contributed by atoms with E-state index in [2.05, 4.69) is 48.8 Å². The summed E-state index contributed by atoms with van der Waals surface area (Å²) in [6.07, 6.45) is 10.2. The average Bonchev–Trinajstić information content (AvgIpc) is 2.94. The molecule has 0 bridgehead atoms. The zero-order valence-corrected chi connectivity index (χ0v) is 13.7. The minimum absolute atomic E-state index is 0.505. The van der Waals surface area contributed by atoms with E-state index in [1.807, 2.05) is 0 Å². The maximum Gasteiger partial charge on any atom is 0.203 e. The molecule has 1 saturated carbocycles. The smallest absolute Gasteiger partial charge is 0.203 e. The lowest BCUT2D eigenvalue weighted by Gasteiger charge is -2.31. The van der Waals surface area contributed by atoms with Crippen LogP contribution in [0.25, 0.3) is 0 Å². The van der Waals surface area contributed by atoms with Gasteiger partial charge in [-0.05, 0) is 43.9 Å². The minimum atomic E-state index is 0.505. The number of aromatic nitrogens is 2. The number of rotatable bonds is 7. The third-order valence-corrected chi connectivity index (χ3v) is 4.49. The van der Waals surface area contributed by atoms with Crippen molar-refractivity contribution < 1.29 is 0 Å². The van der Waals surface area contributed by atoms with Crippen LogP contribution in [0.1, 0.15) is 65.0 Å². The van der Waals surface area contributed by atoms with Gasteiger partial charge in [-0.3, -0.25) is 0 Å². The molecule has 20 heavy (non-hydrogen) atoms. The Morgan fingerprint density at radius 1 is 1.35 bits per heavy atom. The van der Waals surface area contributed by atoms with Crippen LogP contribution in [0.5, 0.6) is 0 Å². The molecule has 1 aliphatic carbocycles. The average molecular weight is 277 g/mol.